The Balaban J connectivity index is -0.00000000450. The van der Waals surface area contributed by atoms with Crippen LogP contribution in [0, 0.1) is 10.1 Å². The van der Waals surface area contributed by atoms with Crippen LogP contribution in [0.1, 0.15) is 0 Å². The Morgan fingerprint density at radius 2 is 1.11 bits per heavy atom. The second-order valence-corrected chi connectivity index (χ2v) is 0.440. The second-order valence-electron chi connectivity index (χ2n) is 0.440. The smallest absolute Gasteiger partial charge is 1.00 e. The van der Waals surface area contributed by atoms with Gasteiger partial charge in [0.2, 0.25) is 0 Å². The van der Waals surface area contributed by atoms with Gasteiger partial charge in [-0.3, -0.25) is 10.1 Å². The minimum atomic E-state index is -0.500. The van der Waals surface area contributed by atoms with Crippen molar-refractivity contribution in [1.82, 2.24) is 0 Å². The summed E-state index contributed by atoms with van der Waals surface area (Å²) in [5.41, 5.74) is 0. The van der Waals surface area contributed by atoms with E-state index in [1.54, 1.807) is 0 Å². The number of halogens is 4. The fraction of sp³-hybridized carbons (Fsp3) is 1.00. The SMILES string of the molecule is C[N+](=O)[O-].[Cl-].[Cl-].[Cl-].[Cl-].[Hf+4]. The van der Waals surface area contributed by atoms with Crippen molar-refractivity contribution in [2.75, 3.05) is 7.05 Å². The van der Waals surface area contributed by atoms with Gasteiger partial charge in [-0.15, -0.1) is 0 Å². The molecule has 0 aromatic carbocycles. The van der Waals surface area contributed by atoms with E-state index in [4.69, 9.17) is 10.1 Å². The molecule has 0 aliphatic heterocycles. The van der Waals surface area contributed by atoms with Crippen LogP contribution in [-0.2, 0) is 25.8 Å². The standard InChI is InChI=1S/CH3NO2.4ClH.Hf/c1-2(3)4;;;;;/h1H3;4*1H;/q;;;;;+4/p-4. The average Bonchev–Trinajstić information content (AvgIpc) is 0.811. The summed E-state index contributed by atoms with van der Waals surface area (Å²) in [6.45, 7) is 0. The molecule has 0 amide bonds. The molecule has 0 unspecified atom stereocenters. The van der Waals surface area contributed by atoms with Crippen molar-refractivity contribution in [3.8, 4) is 0 Å². The molecular weight excluding hydrogens is 378 g/mol. The monoisotopic (exact) mass is 381 g/mol. The Kier molecular flexibility index (Phi) is 179. The van der Waals surface area contributed by atoms with Gasteiger partial charge in [-0.1, -0.05) is 0 Å². The third kappa shape index (κ3) is 255. The van der Waals surface area contributed by atoms with Crippen molar-refractivity contribution in [3.05, 3.63) is 10.1 Å². The van der Waals surface area contributed by atoms with E-state index in [0.717, 1.165) is 7.05 Å². The molecule has 9 heavy (non-hydrogen) atoms. The number of hydrogen-bond acceptors (Lipinski definition) is 2. The summed E-state index contributed by atoms with van der Waals surface area (Å²) >= 11 is 0. The molecule has 0 aliphatic carbocycles. The van der Waals surface area contributed by atoms with E-state index in [9.17, 15) is 0 Å². The van der Waals surface area contributed by atoms with Crippen LogP contribution in [0.3, 0.4) is 0 Å². The van der Waals surface area contributed by atoms with Crippen LogP contribution in [0.15, 0.2) is 0 Å². The van der Waals surface area contributed by atoms with Gasteiger partial charge in [0.25, 0.3) is 0 Å². The molecule has 0 spiro atoms. The third-order valence-electron chi connectivity index (χ3n) is 0. The van der Waals surface area contributed by atoms with Gasteiger partial charge in [-0.05, 0) is 0 Å². The van der Waals surface area contributed by atoms with Crippen LogP contribution < -0.4 is 49.6 Å². The van der Waals surface area contributed by atoms with Gasteiger partial charge in [-0.2, -0.15) is 0 Å². The van der Waals surface area contributed by atoms with Crippen molar-refractivity contribution >= 4 is 0 Å². The Morgan fingerprint density at radius 1 is 1.11 bits per heavy atom. The summed E-state index contributed by atoms with van der Waals surface area (Å²) in [5, 5.41) is 8.81. The van der Waals surface area contributed by atoms with Crippen LogP contribution in [-0.4, -0.2) is 12.0 Å². The maximum atomic E-state index is 8.81. The summed E-state index contributed by atoms with van der Waals surface area (Å²) in [7, 11) is 0.889. The molecule has 0 aliphatic rings. The zero-order valence-corrected chi connectivity index (χ0v) is 10.9. The van der Waals surface area contributed by atoms with Crippen molar-refractivity contribution in [1.29, 1.82) is 0 Å². The molecule has 0 saturated heterocycles. The van der Waals surface area contributed by atoms with E-state index in [-0.39, 0.29) is 75.5 Å². The first-order valence-corrected chi connectivity index (χ1v) is 0.812. The minimum Gasteiger partial charge on any atom is -1.00 e. The van der Waals surface area contributed by atoms with Crippen molar-refractivity contribution in [2.45, 2.75) is 0 Å². The van der Waals surface area contributed by atoms with E-state index in [2.05, 4.69) is 0 Å². The van der Waals surface area contributed by atoms with Gasteiger partial charge in [-0.25, -0.2) is 0 Å². The molecule has 8 heteroatoms. The maximum absolute atomic E-state index is 8.81. The number of nitro groups is 1. The van der Waals surface area contributed by atoms with Gasteiger partial charge in [0.15, 0.2) is 7.05 Å². The van der Waals surface area contributed by atoms with Crippen molar-refractivity contribution < 1.29 is 80.4 Å². The Hall–Kier alpha value is 1.43. The largest absolute Gasteiger partial charge is 4.00 e. The molecule has 0 radical (unpaired) electrons. The maximum Gasteiger partial charge on any atom is 4.00 e. The van der Waals surface area contributed by atoms with E-state index in [1.807, 2.05) is 0 Å². The fourth-order valence-electron chi connectivity index (χ4n) is 0. The van der Waals surface area contributed by atoms with Crippen LogP contribution in [0.25, 0.3) is 0 Å². The molecule has 0 bridgehead atoms. The number of hydrogen-bond donors (Lipinski definition) is 0. The molecule has 0 heterocycles. The van der Waals surface area contributed by atoms with Crippen LogP contribution in [0.5, 0.6) is 0 Å². The Labute approximate surface area is 96.9 Å². The van der Waals surface area contributed by atoms with Crippen molar-refractivity contribution in [3.63, 3.8) is 0 Å². The molecule has 0 saturated carbocycles. The Morgan fingerprint density at radius 3 is 1.11 bits per heavy atom. The molecule has 3 nitrogen and oxygen atoms in total. The van der Waals surface area contributed by atoms with Gasteiger partial charge >= 0.3 is 25.8 Å². The number of nitrogens with zero attached hydrogens (tertiary/aromatic N) is 1. The first kappa shape index (κ1) is 47.3. The average molecular weight is 381 g/mol. The zero-order valence-electron chi connectivity index (χ0n) is 4.28. The van der Waals surface area contributed by atoms with E-state index in [1.165, 1.54) is 0 Å². The summed E-state index contributed by atoms with van der Waals surface area (Å²) < 4.78 is 0. The van der Waals surface area contributed by atoms with Gasteiger partial charge in [0.05, 0.1) is 0 Å². The van der Waals surface area contributed by atoms with Gasteiger partial charge in [0, 0.05) is 4.92 Å². The fourth-order valence-corrected chi connectivity index (χ4v) is 0. The first-order valence-electron chi connectivity index (χ1n) is 0.812. The summed E-state index contributed by atoms with van der Waals surface area (Å²) in [6.07, 6.45) is 0. The molecule has 0 aromatic rings. The molecule has 0 fully saturated rings. The van der Waals surface area contributed by atoms with Crippen molar-refractivity contribution in [2.24, 2.45) is 0 Å². The van der Waals surface area contributed by atoms with Gasteiger partial charge < -0.3 is 49.6 Å². The molecular formula is CH3Cl4HfNO2. The summed E-state index contributed by atoms with van der Waals surface area (Å²) in [5.74, 6) is 0. The molecule has 0 atom stereocenters. The molecule has 56 valence electrons. The zero-order chi connectivity index (χ0) is 3.58. The van der Waals surface area contributed by atoms with Crippen LogP contribution in [0.4, 0.5) is 0 Å². The van der Waals surface area contributed by atoms with E-state index in [0.29, 0.717) is 0 Å². The molecule has 0 aromatic heterocycles. The Bertz CT molecular complexity index is 41.5. The number of rotatable bonds is 0. The quantitative estimate of drug-likeness (QED) is 0.238. The van der Waals surface area contributed by atoms with E-state index < -0.39 is 4.92 Å². The summed E-state index contributed by atoms with van der Waals surface area (Å²) in [4.78, 5) is 8.31. The second kappa shape index (κ2) is 34.1. The van der Waals surface area contributed by atoms with Crippen LogP contribution >= 0.6 is 0 Å². The van der Waals surface area contributed by atoms with Crippen LogP contribution in [0.2, 0.25) is 0 Å². The normalized spacial score (nSPS) is 2.78. The summed E-state index contributed by atoms with van der Waals surface area (Å²) in [6, 6.07) is 0. The topological polar surface area (TPSA) is 43.1 Å². The predicted molar refractivity (Wildman–Crippen MR) is 12.9 cm³/mol. The van der Waals surface area contributed by atoms with E-state index >= 15 is 0 Å². The van der Waals surface area contributed by atoms with Gasteiger partial charge in [0.1, 0.15) is 0 Å². The molecule has 0 N–H and O–H groups in total. The minimum absolute atomic E-state index is 0. The third-order valence-corrected chi connectivity index (χ3v) is 0. The predicted octanol–water partition coefficient (Wildman–Crippen LogP) is -12.1. The molecule has 0 rings (SSSR count). The first-order chi connectivity index (χ1) is 1.73.